The van der Waals surface area contributed by atoms with Gasteiger partial charge in [0, 0.05) is 29.7 Å². The van der Waals surface area contributed by atoms with Crippen LogP contribution in [0, 0.1) is 5.82 Å². The fraction of sp³-hybridized carbons (Fsp3) is 0.250. The first-order valence-corrected chi connectivity index (χ1v) is 12.0. The molecule has 0 aliphatic heterocycles. The van der Waals surface area contributed by atoms with Crippen molar-refractivity contribution in [3.8, 4) is 0 Å². The Balaban J connectivity index is 1.66. The van der Waals surface area contributed by atoms with E-state index < -0.39 is 5.82 Å². The Labute approximate surface area is 209 Å². The van der Waals surface area contributed by atoms with Gasteiger partial charge in [0.2, 0.25) is 0 Å². The van der Waals surface area contributed by atoms with E-state index in [0.717, 1.165) is 16.5 Å². The van der Waals surface area contributed by atoms with E-state index >= 15 is 0 Å². The zero-order chi connectivity index (χ0) is 24.5. The van der Waals surface area contributed by atoms with Crippen LogP contribution >= 0.6 is 23.2 Å². The predicted octanol–water partition coefficient (Wildman–Crippen LogP) is 7.80. The number of fused-ring (bicyclic) bond motifs is 1. The number of halogens is 3. The Morgan fingerprint density at radius 3 is 2.47 bits per heavy atom. The maximum Gasteiger partial charge on any atom is 0.256 e. The van der Waals surface area contributed by atoms with Crippen molar-refractivity contribution in [1.29, 1.82) is 0 Å². The molecule has 0 unspecified atom stereocenters. The highest BCUT2D eigenvalue weighted by Crippen LogP contribution is 2.27. The SMILES string of the molecule is CC(C)(C)c1ccc(CN(CCc2cccc(Cl)c2F)C(=O)c2cc(Cl)cc3cc[nH]c23)cc1. The lowest BCUT2D eigenvalue weighted by molar-refractivity contribution is 0.0746. The molecule has 0 bridgehead atoms. The van der Waals surface area contributed by atoms with Gasteiger partial charge in [0.15, 0.2) is 0 Å². The topological polar surface area (TPSA) is 36.1 Å². The molecule has 4 rings (SSSR count). The number of aromatic nitrogens is 1. The van der Waals surface area contributed by atoms with E-state index in [0.29, 0.717) is 35.7 Å². The molecule has 1 amide bonds. The molecule has 34 heavy (non-hydrogen) atoms. The molecule has 0 saturated carbocycles. The molecule has 0 aliphatic carbocycles. The summed E-state index contributed by atoms with van der Waals surface area (Å²) in [5.41, 5.74) is 3.96. The summed E-state index contributed by atoms with van der Waals surface area (Å²) in [6, 6.07) is 18.6. The third-order valence-corrected chi connectivity index (χ3v) is 6.53. The minimum absolute atomic E-state index is 0.0398. The lowest BCUT2D eigenvalue weighted by atomic mass is 9.87. The standard InChI is InChI=1S/C28H27Cl2FN2O/c1-28(2,3)21-9-7-18(8-10-21)17-33(14-12-19-5-4-6-24(30)25(19)31)27(34)23-16-22(29)15-20-11-13-32-26(20)23/h4-11,13,15-16,32H,12,14,17H2,1-3H3. The van der Waals surface area contributed by atoms with Crippen LogP contribution in [0.15, 0.2) is 66.9 Å². The van der Waals surface area contributed by atoms with Gasteiger partial charge in [-0.3, -0.25) is 4.79 Å². The van der Waals surface area contributed by atoms with Crippen LogP contribution in [0.5, 0.6) is 0 Å². The smallest absolute Gasteiger partial charge is 0.256 e. The molecule has 0 fully saturated rings. The van der Waals surface area contributed by atoms with Gasteiger partial charge in [-0.25, -0.2) is 4.39 Å². The van der Waals surface area contributed by atoms with Crippen LogP contribution in [0.4, 0.5) is 4.39 Å². The highest BCUT2D eigenvalue weighted by molar-refractivity contribution is 6.32. The van der Waals surface area contributed by atoms with Crippen molar-refractivity contribution in [3.05, 3.63) is 105 Å². The molecular formula is C28H27Cl2FN2O. The second kappa shape index (κ2) is 9.81. The number of nitrogens with zero attached hydrogens (tertiary/aromatic N) is 1. The Kier molecular flexibility index (Phi) is 7.01. The Hall–Kier alpha value is -2.82. The van der Waals surface area contributed by atoms with Crippen molar-refractivity contribution in [2.24, 2.45) is 0 Å². The first kappa shape index (κ1) is 24.3. The number of nitrogens with one attached hydrogen (secondary N) is 1. The number of amides is 1. The van der Waals surface area contributed by atoms with Crippen molar-refractivity contribution >= 4 is 40.0 Å². The molecule has 1 heterocycles. The van der Waals surface area contributed by atoms with Crippen LogP contribution in [0.1, 0.15) is 47.8 Å². The summed E-state index contributed by atoms with van der Waals surface area (Å²) in [5, 5.41) is 1.44. The van der Waals surface area contributed by atoms with E-state index in [-0.39, 0.29) is 16.3 Å². The van der Waals surface area contributed by atoms with Gasteiger partial charge in [-0.15, -0.1) is 0 Å². The van der Waals surface area contributed by atoms with Gasteiger partial charge in [0.1, 0.15) is 5.82 Å². The molecule has 6 heteroatoms. The highest BCUT2D eigenvalue weighted by Gasteiger charge is 2.21. The quantitative estimate of drug-likeness (QED) is 0.290. The summed E-state index contributed by atoms with van der Waals surface area (Å²) in [4.78, 5) is 18.6. The van der Waals surface area contributed by atoms with Crippen molar-refractivity contribution < 1.29 is 9.18 Å². The molecule has 1 aromatic heterocycles. The van der Waals surface area contributed by atoms with Gasteiger partial charge in [-0.1, -0.05) is 80.4 Å². The Bertz CT molecular complexity index is 1320. The van der Waals surface area contributed by atoms with Gasteiger partial charge in [0.25, 0.3) is 5.91 Å². The normalized spacial score (nSPS) is 11.7. The maximum atomic E-state index is 14.5. The lowest BCUT2D eigenvalue weighted by Crippen LogP contribution is -2.33. The number of carbonyl (C=O) groups is 1. The number of hydrogen-bond acceptors (Lipinski definition) is 1. The average Bonchev–Trinajstić information content (AvgIpc) is 3.26. The molecule has 3 aromatic carbocycles. The number of rotatable bonds is 6. The van der Waals surface area contributed by atoms with Crippen molar-refractivity contribution in [1.82, 2.24) is 9.88 Å². The van der Waals surface area contributed by atoms with E-state index in [9.17, 15) is 9.18 Å². The number of H-pyrrole nitrogens is 1. The summed E-state index contributed by atoms with van der Waals surface area (Å²) in [7, 11) is 0. The van der Waals surface area contributed by atoms with Crippen LogP contribution < -0.4 is 0 Å². The fourth-order valence-electron chi connectivity index (χ4n) is 4.05. The van der Waals surface area contributed by atoms with Gasteiger partial charge >= 0.3 is 0 Å². The Morgan fingerprint density at radius 2 is 1.76 bits per heavy atom. The van der Waals surface area contributed by atoms with E-state index in [1.807, 2.05) is 24.3 Å². The minimum Gasteiger partial charge on any atom is -0.361 e. The van der Waals surface area contributed by atoms with Crippen LogP contribution in [0.25, 0.3) is 10.9 Å². The van der Waals surface area contributed by atoms with Crippen molar-refractivity contribution in [3.63, 3.8) is 0 Å². The zero-order valence-electron chi connectivity index (χ0n) is 19.5. The largest absolute Gasteiger partial charge is 0.361 e. The monoisotopic (exact) mass is 496 g/mol. The molecule has 0 atom stereocenters. The fourth-order valence-corrected chi connectivity index (χ4v) is 4.47. The number of aromatic amines is 1. The van der Waals surface area contributed by atoms with Crippen LogP contribution in [0.3, 0.4) is 0 Å². The van der Waals surface area contributed by atoms with Crippen LogP contribution in [0.2, 0.25) is 10.0 Å². The summed E-state index contributed by atoms with van der Waals surface area (Å²) >= 11 is 12.3. The maximum absolute atomic E-state index is 14.5. The molecule has 176 valence electrons. The summed E-state index contributed by atoms with van der Waals surface area (Å²) in [6.45, 7) is 7.21. The summed E-state index contributed by atoms with van der Waals surface area (Å²) < 4.78 is 14.5. The first-order valence-electron chi connectivity index (χ1n) is 11.2. The van der Waals surface area contributed by atoms with Crippen molar-refractivity contribution in [2.45, 2.75) is 39.2 Å². The third kappa shape index (κ3) is 5.29. The molecule has 0 saturated heterocycles. The number of benzene rings is 3. The molecule has 3 nitrogen and oxygen atoms in total. The third-order valence-electron chi connectivity index (χ3n) is 6.02. The first-order chi connectivity index (χ1) is 16.1. The van der Waals surface area contributed by atoms with E-state index in [4.69, 9.17) is 23.2 Å². The average molecular weight is 497 g/mol. The molecule has 0 radical (unpaired) electrons. The van der Waals surface area contributed by atoms with Gasteiger partial charge < -0.3 is 9.88 Å². The second-order valence-corrected chi connectivity index (χ2v) is 10.4. The van der Waals surface area contributed by atoms with Crippen LogP contribution in [-0.2, 0) is 18.4 Å². The molecule has 4 aromatic rings. The van der Waals surface area contributed by atoms with Crippen LogP contribution in [-0.4, -0.2) is 22.3 Å². The second-order valence-electron chi connectivity index (χ2n) is 9.53. The molecule has 0 spiro atoms. The van der Waals surface area contributed by atoms with Gasteiger partial charge in [-0.2, -0.15) is 0 Å². The molecular weight excluding hydrogens is 470 g/mol. The van der Waals surface area contributed by atoms with Gasteiger partial charge in [-0.05, 0) is 52.8 Å². The van der Waals surface area contributed by atoms with E-state index in [1.165, 1.54) is 11.6 Å². The summed E-state index contributed by atoms with van der Waals surface area (Å²) in [6.07, 6.45) is 2.13. The van der Waals surface area contributed by atoms with Gasteiger partial charge in [0.05, 0.1) is 16.1 Å². The highest BCUT2D eigenvalue weighted by atomic mass is 35.5. The minimum atomic E-state index is -0.444. The zero-order valence-corrected chi connectivity index (χ0v) is 21.0. The summed E-state index contributed by atoms with van der Waals surface area (Å²) in [5.74, 6) is -0.613. The number of carbonyl (C=O) groups excluding carboxylic acids is 1. The van der Waals surface area contributed by atoms with E-state index in [2.05, 4.69) is 37.9 Å². The predicted molar refractivity (Wildman–Crippen MR) is 138 cm³/mol. The lowest BCUT2D eigenvalue weighted by Gasteiger charge is -2.25. The molecule has 0 aliphatic rings. The van der Waals surface area contributed by atoms with Crippen molar-refractivity contribution in [2.75, 3.05) is 6.54 Å². The van der Waals surface area contributed by atoms with E-state index in [1.54, 1.807) is 29.3 Å². The molecule has 1 N–H and O–H groups in total. The number of hydrogen-bond donors (Lipinski definition) is 1. The Morgan fingerprint density at radius 1 is 1.03 bits per heavy atom.